The van der Waals surface area contributed by atoms with Gasteiger partial charge in [0.25, 0.3) is 0 Å². The van der Waals surface area contributed by atoms with Crippen molar-refractivity contribution in [3.8, 4) is 0 Å². The fourth-order valence-corrected chi connectivity index (χ4v) is 2.06. The van der Waals surface area contributed by atoms with Gasteiger partial charge >= 0.3 is 5.97 Å². The highest BCUT2D eigenvalue weighted by atomic mass is 79.9. The van der Waals surface area contributed by atoms with Crippen LogP contribution in [0.15, 0.2) is 65.3 Å². The van der Waals surface area contributed by atoms with Gasteiger partial charge in [0.1, 0.15) is 5.70 Å². The summed E-state index contributed by atoms with van der Waals surface area (Å²) in [7, 11) is 0. The standard InChI is InChI=1S/C16H11BrClNO3/c1-10(15(20)11-5-7-13(17)8-6-11)19-22-16(21)12-3-2-4-14(18)9-12/h2-9,19H,1H2. The highest BCUT2D eigenvalue weighted by Crippen LogP contribution is 2.13. The molecule has 4 nitrogen and oxygen atoms in total. The summed E-state index contributed by atoms with van der Waals surface area (Å²) in [6.45, 7) is 3.56. The van der Waals surface area contributed by atoms with Gasteiger partial charge in [-0.1, -0.05) is 40.2 Å². The molecule has 0 bridgehead atoms. The minimum Gasteiger partial charge on any atom is -0.338 e. The number of benzene rings is 2. The van der Waals surface area contributed by atoms with E-state index in [4.69, 9.17) is 16.4 Å². The monoisotopic (exact) mass is 379 g/mol. The van der Waals surface area contributed by atoms with Crippen molar-refractivity contribution in [3.63, 3.8) is 0 Å². The highest BCUT2D eigenvalue weighted by Gasteiger charge is 2.13. The third-order valence-electron chi connectivity index (χ3n) is 2.71. The number of hydrogen-bond donors (Lipinski definition) is 1. The maximum absolute atomic E-state index is 12.1. The van der Waals surface area contributed by atoms with E-state index in [1.54, 1.807) is 42.5 Å². The molecule has 0 amide bonds. The van der Waals surface area contributed by atoms with Crippen LogP contribution in [0.4, 0.5) is 0 Å². The minimum atomic E-state index is -0.660. The molecule has 0 saturated carbocycles. The summed E-state index contributed by atoms with van der Waals surface area (Å²) in [5.74, 6) is -1.03. The van der Waals surface area contributed by atoms with Crippen LogP contribution in [0.25, 0.3) is 0 Å². The number of hydroxylamine groups is 1. The fourth-order valence-electron chi connectivity index (χ4n) is 1.60. The van der Waals surface area contributed by atoms with Crippen molar-refractivity contribution in [3.05, 3.63) is 81.4 Å². The molecule has 0 aliphatic carbocycles. The number of ketones is 1. The van der Waals surface area contributed by atoms with Crippen LogP contribution < -0.4 is 5.48 Å². The van der Waals surface area contributed by atoms with Gasteiger partial charge in [0.2, 0.25) is 5.78 Å². The zero-order chi connectivity index (χ0) is 16.1. The SMILES string of the molecule is C=C(NOC(=O)c1cccc(Cl)c1)C(=O)c1ccc(Br)cc1. The summed E-state index contributed by atoms with van der Waals surface area (Å²) in [5.41, 5.74) is 2.92. The molecule has 22 heavy (non-hydrogen) atoms. The van der Waals surface area contributed by atoms with Gasteiger partial charge in [-0.15, -0.1) is 0 Å². The van der Waals surface area contributed by atoms with Gasteiger partial charge in [0.05, 0.1) is 5.56 Å². The lowest BCUT2D eigenvalue weighted by atomic mass is 10.1. The van der Waals surface area contributed by atoms with Gasteiger partial charge in [-0.2, -0.15) is 0 Å². The second kappa shape index (κ2) is 7.24. The van der Waals surface area contributed by atoms with Gasteiger partial charge < -0.3 is 4.84 Å². The van der Waals surface area contributed by atoms with Crippen LogP contribution in [-0.4, -0.2) is 11.8 Å². The first-order chi connectivity index (χ1) is 10.5. The summed E-state index contributed by atoms with van der Waals surface area (Å²) >= 11 is 9.07. The molecule has 6 heteroatoms. The zero-order valence-corrected chi connectivity index (χ0v) is 13.6. The molecule has 0 spiro atoms. The summed E-state index contributed by atoms with van der Waals surface area (Å²) < 4.78 is 0.856. The van der Waals surface area contributed by atoms with Crippen molar-refractivity contribution in [1.82, 2.24) is 5.48 Å². The van der Waals surface area contributed by atoms with Crippen LogP contribution in [0.2, 0.25) is 5.02 Å². The van der Waals surface area contributed by atoms with Crippen molar-refractivity contribution < 1.29 is 14.4 Å². The van der Waals surface area contributed by atoms with Gasteiger partial charge in [-0.25, -0.2) is 10.3 Å². The Kier molecular flexibility index (Phi) is 5.35. The number of hydrogen-bond acceptors (Lipinski definition) is 4. The van der Waals surface area contributed by atoms with Crippen LogP contribution >= 0.6 is 27.5 Å². The normalized spacial score (nSPS) is 9.91. The third kappa shape index (κ3) is 4.19. The number of rotatable bonds is 5. The van der Waals surface area contributed by atoms with Crippen molar-refractivity contribution in [2.45, 2.75) is 0 Å². The van der Waals surface area contributed by atoms with E-state index in [9.17, 15) is 9.59 Å². The Morgan fingerprint density at radius 2 is 1.77 bits per heavy atom. The highest BCUT2D eigenvalue weighted by molar-refractivity contribution is 9.10. The Labute approximate surface area is 140 Å². The van der Waals surface area contributed by atoms with E-state index in [1.807, 2.05) is 0 Å². The maximum Gasteiger partial charge on any atom is 0.362 e. The summed E-state index contributed by atoms with van der Waals surface area (Å²) in [6.07, 6.45) is 0. The molecule has 2 aromatic rings. The predicted octanol–water partition coefficient (Wildman–Crippen LogP) is 4.16. The van der Waals surface area contributed by atoms with E-state index in [1.165, 1.54) is 6.07 Å². The Hall–Kier alpha value is -2.11. The summed E-state index contributed by atoms with van der Waals surface area (Å²) in [5, 5.41) is 0.416. The first kappa shape index (κ1) is 16.3. The van der Waals surface area contributed by atoms with Crippen LogP contribution in [0.1, 0.15) is 20.7 Å². The lowest BCUT2D eigenvalue weighted by molar-refractivity contribution is 0.0321. The van der Waals surface area contributed by atoms with Gasteiger partial charge in [-0.3, -0.25) is 4.79 Å². The average Bonchev–Trinajstić information content (AvgIpc) is 2.52. The van der Waals surface area contributed by atoms with Gasteiger partial charge in [-0.05, 0) is 42.5 Å². The van der Waals surface area contributed by atoms with Crippen molar-refractivity contribution in [2.24, 2.45) is 0 Å². The second-order valence-electron chi connectivity index (χ2n) is 4.32. The molecule has 0 unspecified atom stereocenters. The van der Waals surface area contributed by atoms with E-state index in [-0.39, 0.29) is 17.0 Å². The molecule has 2 aromatic carbocycles. The minimum absolute atomic E-state index is 0.0438. The van der Waals surface area contributed by atoms with Crippen molar-refractivity contribution in [1.29, 1.82) is 0 Å². The Bertz CT molecular complexity index is 728. The molecule has 0 fully saturated rings. The van der Waals surface area contributed by atoms with E-state index < -0.39 is 5.97 Å². The number of halogens is 2. The molecular weight excluding hydrogens is 370 g/mol. The summed E-state index contributed by atoms with van der Waals surface area (Å²) in [4.78, 5) is 28.7. The Balaban J connectivity index is 1.96. The van der Waals surface area contributed by atoms with Gasteiger partial charge in [0.15, 0.2) is 0 Å². The predicted molar refractivity (Wildman–Crippen MR) is 87.6 cm³/mol. The largest absolute Gasteiger partial charge is 0.362 e. The van der Waals surface area contributed by atoms with Gasteiger partial charge in [0, 0.05) is 15.1 Å². The molecular formula is C16H11BrClNO3. The second-order valence-corrected chi connectivity index (χ2v) is 5.67. The lowest BCUT2D eigenvalue weighted by Gasteiger charge is -2.09. The maximum atomic E-state index is 12.1. The van der Waals surface area contributed by atoms with Crippen LogP contribution in [-0.2, 0) is 4.84 Å². The topological polar surface area (TPSA) is 55.4 Å². The quantitative estimate of drug-likeness (QED) is 0.481. The van der Waals surface area contributed by atoms with Crippen LogP contribution in [0.3, 0.4) is 0 Å². The third-order valence-corrected chi connectivity index (χ3v) is 3.47. The lowest BCUT2D eigenvalue weighted by Crippen LogP contribution is -2.23. The molecule has 1 N–H and O–H groups in total. The van der Waals surface area contributed by atoms with E-state index in [2.05, 4.69) is 28.0 Å². The molecule has 0 atom stereocenters. The van der Waals surface area contributed by atoms with E-state index >= 15 is 0 Å². The molecule has 0 saturated heterocycles. The number of carbonyl (C=O) groups excluding carboxylic acids is 2. The van der Waals surface area contributed by atoms with Crippen molar-refractivity contribution >= 4 is 39.3 Å². The van der Waals surface area contributed by atoms with E-state index in [0.717, 1.165) is 4.47 Å². The molecule has 0 heterocycles. The van der Waals surface area contributed by atoms with E-state index in [0.29, 0.717) is 10.6 Å². The Morgan fingerprint density at radius 3 is 2.41 bits per heavy atom. The van der Waals surface area contributed by atoms with Crippen molar-refractivity contribution in [2.75, 3.05) is 0 Å². The molecule has 0 radical (unpaired) electrons. The molecule has 0 aliphatic rings. The first-order valence-electron chi connectivity index (χ1n) is 6.19. The molecule has 0 aliphatic heterocycles. The zero-order valence-electron chi connectivity index (χ0n) is 11.3. The molecule has 0 aromatic heterocycles. The smallest absolute Gasteiger partial charge is 0.338 e. The number of Topliss-reactive ketones (excluding diaryl/α,β-unsaturated/α-hetero) is 1. The van der Waals surface area contributed by atoms with Crippen LogP contribution in [0, 0.1) is 0 Å². The summed E-state index contributed by atoms with van der Waals surface area (Å²) in [6, 6.07) is 13.0. The molecule has 2 rings (SSSR count). The fraction of sp³-hybridized carbons (Fsp3) is 0. The number of nitrogens with one attached hydrogen (secondary N) is 1. The Morgan fingerprint density at radius 1 is 1.09 bits per heavy atom. The first-order valence-corrected chi connectivity index (χ1v) is 7.36. The number of carbonyl (C=O) groups is 2. The molecule has 112 valence electrons. The average molecular weight is 381 g/mol. The van der Waals surface area contributed by atoms with Crippen LogP contribution in [0.5, 0.6) is 0 Å². The number of allylic oxidation sites excluding steroid dienone is 1.